The molecule has 3 rings (SSSR count). The van der Waals surface area contributed by atoms with Gasteiger partial charge in [0.2, 0.25) is 0 Å². The first kappa shape index (κ1) is 24.6. The maximum absolute atomic E-state index is 12.2. The number of non-ortho nitro benzene ring substituents is 1. The van der Waals surface area contributed by atoms with Crippen LogP contribution < -0.4 is 19.6 Å². The molecule has 2 aromatic carbocycles. The minimum atomic E-state index is -2.46. The Morgan fingerprint density at radius 1 is 1.06 bits per heavy atom. The van der Waals surface area contributed by atoms with Crippen molar-refractivity contribution in [3.05, 3.63) is 58.6 Å². The minimum Gasteiger partial charge on any atom is -0.574 e. The van der Waals surface area contributed by atoms with Crippen LogP contribution in [0.3, 0.4) is 0 Å². The van der Waals surface area contributed by atoms with E-state index in [2.05, 4.69) is 17.2 Å². The molecule has 2 atom stereocenters. The van der Waals surface area contributed by atoms with Crippen LogP contribution in [0.4, 0.5) is 5.69 Å². The van der Waals surface area contributed by atoms with E-state index in [0.29, 0.717) is 23.2 Å². The van der Waals surface area contributed by atoms with Crippen LogP contribution in [-0.2, 0) is 9.53 Å². The molecule has 176 valence electrons. The number of ether oxygens (including phenoxy) is 2. The Labute approximate surface area is 192 Å². The lowest BCUT2D eigenvalue weighted by atomic mass is 9.89. The number of benzene rings is 2. The predicted molar refractivity (Wildman–Crippen MR) is 120 cm³/mol. The number of nitrogens with one attached hydrogen (secondary N) is 1. The fourth-order valence-electron chi connectivity index (χ4n) is 3.25. The van der Waals surface area contributed by atoms with Crippen LogP contribution in [0.1, 0.15) is 39.5 Å². The Bertz CT molecular complexity index is 974. The second-order valence-electron chi connectivity index (χ2n) is 7.92. The molecule has 0 aromatic heterocycles. The molecule has 0 spiro atoms. The molecular formula is C22H26N3O7P. The zero-order chi connectivity index (χ0) is 23.8. The number of hydrogen-bond acceptors (Lipinski definition) is 8. The largest absolute Gasteiger partial charge is 0.574 e. The van der Waals surface area contributed by atoms with Gasteiger partial charge in [0.25, 0.3) is 5.69 Å². The average Bonchev–Trinajstić information content (AvgIpc) is 2.80. The fraction of sp³-hybridized carbons (Fsp3) is 0.409. The molecule has 0 bridgehead atoms. The standard InChI is InChI=1S/C22H26N3O7P/c1-15-3-7-20(8-4-15)31-22(26)16(2)23-24-33(29)32-21-13-11-19(12-14-21)30-18-9-5-17(6-10-18)25(27)28/h5-6,9-16,20,23H,3-4,7-8H2,1-2H3. The molecule has 1 N–H and O–H groups in total. The van der Waals surface area contributed by atoms with Gasteiger partial charge in [0.05, 0.1) is 4.92 Å². The van der Waals surface area contributed by atoms with E-state index in [1.54, 1.807) is 31.2 Å². The van der Waals surface area contributed by atoms with Crippen molar-refractivity contribution in [2.75, 3.05) is 0 Å². The first-order valence-corrected chi connectivity index (χ1v) is 11.8. The van der Waals surface area contributed by atoms with Crippen LogP contribution in [0.15, 0.2) is 53.4 Å². The lowest BCUT2D eigenvalue weighted by Crippen LogP contribution is -2.35. The second-order valence-corrected chi connectivity index (χ2v) is 8.78. The number of esters is 1. The van der Waals surface area contributed by atoms with Crippen LogP contribution in [-0.4, -0.2) is 23.0 Å². The Balaban J connectivity index is 1.45. The van der Waals surface area contributed by atoms with Gasteiger partial charge in [0.1, 0.15) is 23.6 Å². The molecule has 0 radical (unpaired) electrons. The molecule has 1 saturated carbocycles. The van der Waals surface area contributed by atoms with Crippen molar-refractivity contribution in [3.63, 3.8) is 0 Å². The van der Waals surface area contributed by atoms with Gasteiger partial charge in [-0.2, -0.15) is 5.43 Å². The highest BCUT2D eigenvalue weighted by molar-refractivity contribution is 7.33. The first-order valence-electron chi connectivity index (χ1n) is 10.6. The summed E-state index contributed by atoms with van der Waals surface area (Å²) in [7, 11) is -2.46. The smallest absolute Gasteiger partial charge is 0.412 e. The Hall–Kier alpha value is -3.07. The molecule has 0 aliphatic heterocycles. The third-order valence-corrected chi connectivity index (χ3v) is 5.87. The van der Waals surface area contributed by atoms with Gasteiger partial charge in [-0.25, -0.2) is 0 Å². The molecule has 1 fully saturated rings. The number of hydrogen-bond donors (Lipinski definition) is 1. The van der Waals surface area contributed by atoms with E-state index < -0.39 is 25.1 Å². The highest BCUT2D eigenvalue weighted by atomic mass is 31.1. The van der Waals surface area contributed by atoms with E-state index in [1.165, 1.54) is 24.3 Å². The Kier molecular flexibility index (Phi) is 8.71. The zero-order valence-corrected chi connectivity index (χ0v) is 19.3. The van der Waals surface area contributed by atoms with Gasteiger partial charge in [-0.05, 0) is 74.9 Å². The third kappa shape index (κ3) is 7.78. The number of nitrogens with zero attached hydrogens (tertiary/aromatic N) is 2. The molecule has 1 aliphatic rings. The summed E-state index contributed by atoms with van der Waals surface area (Å²) >= 11 is 0. The summed E-state index contributed by atoms with van der Waals surface area (Å²) in [6.45, 7) is 3.78. The van der Waals surface area contributed by atoms with E-state index in [9.17, 15) is 19.8 Å². The van der Waals surface area contributed by atoms with Gasteiger partial charge in [0.15, 0.2) is 5.75 Å². The topological polar surface area (TPSA) is 135 Å². The van der Waals surface area contributed by atoms with Crippen LogP contribution in [0.25, 0.3) is 0 Å². The number of rotatable bonds is 9. The summed E-state index contributed by atoms with van der Waals surface area (Å²) in [6.07, 6.45) is 3.73. The molecular weight excluding hydrogens is 449 g/mol. The summed E-state index contributed by atoms with van der Waals surface area (Å²) < 4.78 is 16.3. The van der Waals surface area contributed by atoms with Crippen molar-refractivity contribution < 1.29 is 28.6 Å². The van der Waals surface area contributed by atoms with Gasteiger partial charge in [-0.3, -0.25) is 19.4 Å². The van der Waals surface area contributed by atoms with E-state index in [4.69, 9.17) is 14.0 Å². The number of nitro benzene ring substituents is 1. The van der Waals surface area contributed by atoms with Crippen molar-refractivity contribution in [3.8, 4) is 17.2 Å². The van der Waals surface area contributed by atoms with Crippen molar-refractivity contribution in [1.29, 1.82) is 0 Å². The lowest BCUT2D eigenvalue weighted by Gasteiger charge is -2.26. The van der Waals surface area contributed by atoms with Crippen molar-refractivity contribution >= 4 is 19.8 Å². The van der Waals surface area contributed by atoms with E-state index in [-0.39, 0.29) is 11.8 Å². The SMILES string of the molecule is CC1CCC(OC(=O)C(C)N/N=[P+](\[O-])Oc2ccc(Oc3ccc([N+](=O)[O-])cc3)cc2)CC1. The molecule has 10 nitrogen and oxygen atoms in total. The molecule has 33 heavy (non-hydrogen) atoms. The molecule has 0 saturated heterocycles. The quantitative estimate of drug-likeness (QED) is 0.240. The van der Waals surface area contributed by atoms with Crippen LogP contribution in [0.5, 0.6) is 17.2 Å². The number of carbonyl (C=O) groups is 1. The maximum atomic E-state index is 12.2. The van der Waals surface area contributed by atoms with Crippen molar-refractivity contribution in [2.45, 2.75) is 51.7 Å². The Morgan fingerprint density at radius 3 is 2.18 bits per heavy atom. The molecule has 0 amide bonds. The monoisotopic (exact) mass is 475 g/mol. The normalized spacial score (nSPS) is 19.4. The summed E-state index contributed by atoms with van der Waals surface area (Å²) in [6, 6.07) is 11.2. The van der Waals surface area contributed by atoms with Crippen molar-refractivity contribution in [2.24, 2.45) is 10.8 Å². The lowest BCUT2D eigenvalue weighted by molar-refractivity contribution is -0.384. The molecule has 2 aromatic rings. The first-order chi connectivity index (χ1) is 15.8. The van der Waals surface area contributed by atoms with E-state index in [1.807, 2.05) is 0 Å². The van der Waals surface area contributed by atoms with Gasteiger partial charge >= 0.3 is 14.1 Å². The minimum absolute atomic E-state index is 0.0292. The van der Waals surface area contributed by atoms with Gasteiger partial charge in [-0.1, -0.05) is 6.92 Å². The highest BCUT2D eigenvalue weighted by Gasteiger charge is 2.24. The van der Waals surface area contributed by atoms with Gasteiger partial charge < -0.3 is 14.4 Å². The maximum Gasteiger partial charge on any atom is 0.412 e. The van der Waals surface area contributed by atoms with E-state index >= 15 is 0 Å². The van der Waals surface area contributed by atoms with Gasteiger partial charge in [0, 0.05) is 17.0 Å². The van der Waals surface area contributed by atoms with Crippen LogP contribution in [0.2, 0.25) is 0 Å². The Morgan fingerprint density at radius 2 is 1.61 bits per heavy atom. The summed E-state index contributed by atoms with van der Waals surface area (Å²) in [5, 5.41) is 10.7. The van der Waals surface area contributed by atoms with Gasteiger partial charge in [-0.15, -0.1) is 0 Å². The van der Waals surface area contributed by atoms with E-state index in [0.717, 1.165) is 25.7 Å². The second kappa shape index (κ2) is 11.7. The summed E-state index contributed by atoms with van der Waals surface area (Å²) in [5.74, 6) is 1.42. The molecule has 2 unspecified atom stereocenters. The number of nitro groups is 1. The average molecular weight is 475 g/mol. The van der Waals surface area contributed by atoms with Crippen molar-refractivity contribution in [1.82, 2.24) is 5.43 Å². The molecule has 0 heterocycles. The fourth-order valence-corrected chi connectivity index (χ4v) is 3.86. The highest BCUT2D eigenvalue weighted by Crippen LogP contribution is 2.29. The summed E-state index contributed by atoms with van der Waals surface area (Å²) in [5.41, 5.74) is 2.50. The number of carbonyl (C=O) groups excluding carboxylic acids is 1. The molecule has 11 heteroatoms. The molecule has 1 aliphatic carbocycles. The predicted octanol–water partition coefficient (Wildman–Crippen LogP) is 4.64. The van der Waals surface area contributed by atoms with Crippen LogP contribution >= 0.6 is 8.17 Å². The zero-order valence-electron chi connectivity index (χ0n) is 18.4. The third-order valence-electron chi connectivity index (χ3n) is 5.22. The van der Waals surface area contributed by atoms with Crippen LogP contribution in [0, 0.1) is 16.0 Å². The summed E-state index contributed by atoms with van der Waals surface area (Å²) in [4.78, 5) is 38.2.